The normalized spacial score (nSPS) is 34.0. The first-order chi connectivity index (χ1) is 9.11. The highest BCUT2D eigenvalue weighted by Crippen LogP contribution is 2.35. The molecule has 0 spiro atoms. The molecule has 4 atom stereocenters. The van der Waals surface area contributed by atoms with Crippen molar-refractivity contribution in [3.05, 3.63) is 0 Å². The van der Waals surface area contributed by atoms with Crippen molar-refractivity contribution >= 4 is 12.0 Å². The number of amides is 2. The number of rotatable bonds is 5. The number of fused-ring (bicyclic) bond motifs is 2. The monoisotopic (exact) mass is 268 g/mol. The lowest BCUT2D eigenvalue weighted by Crippen LogP contribution is -2.50. The van der Waals surface area contributed by atoms with E-state index in [2.05, 4.69) is 10.6 Å². The fourth-order valence-corrected chi connectivity index (χ4v) is 3.19. The number of aliphatic carboxylic acids is 1. The molecule has 2 aliphatic heterocycles. The maximum absolute atomic E-state index is 11.9. The smallest absolute Gasteiger partial charge is 0.315 e. The maximum Gasteiger partial charge on any atom is 0.315 e. The molecule has 6 nitrogen and oxygen atoms in total. The predicted octanol–water partition coefficient (Wildman–Crippen LogP) is 0.859. The number of ether oxygens (including phenoxy) is 1. The second-order valence-corrected chi connectivity index (χ2v) is 5.88. The molecule has 3 aliphatic rings. The molecule has 3 rings (SSSR count). The van der Waals surface area contributed by atoms with Crippen molar-refractivity contribution in [2.75, 3.05) is 0 Å². The Kier molecular flexibility index (Phi) is 3.35. The number of hydrogen-bond donors (Lipinski definition) is 3. The molecule has 3 fully saturated rings. The first-order valence-corrected chi connectivity index (χ1v) is 7.06. The van der Waals surface area contributed by atoms with E-state index >= 15 is 0 Å². The molecule has 2 bridgehead atoms. The Morgan fingerprint density at radius 1 is 1.26 bits per heavy atom. The van der Waals surface area contributed by atoms with Gasteiger partial charge in [0.15, 0.2) is 0 Å². The van der Waals surface area contributed by atoms with Crippen molar-refractivity contribution in [2.24, 2.45) is 5.92 Å². The molecule has 3 N–H and O–H groups in total. The third-order valence-corrected chi connectivity index (χ3v) is 4.32. The summed E-state index contributed by atoms with van der Waals surface area (Å²) in [7, 11) is 0. The molecule has 2 amide bonds. The molecule has 0 radical (unpaired) electrons. The zero-order valence-electron chi connectivity index (χ0n) is 10.8. The summed E-state index contributed by atoms with van der Waals surface area (Å²) in [5, 5.41) is 14.6. The SMILES string of the molecule is O=C(O)CC(NC(=O)NC1CC2CCC1O2)C1CC1. The van der Waals surface area contributed by atoms with Crippen molar-refractivity contribution in [3.63, 3.8) is 0 Å². The highest BCUT2D eigenvalue weighted by Gasteiger charge is 2.42. The van der Waals surface area contributed by atoms with E-state index in [-0.39, 0.29) is 30.6 Å². The molecule has 0 aromatic rings. The lowest BCUT2D eigenvalue weighted by Gasteiger charge is -2.23. The van der Waals surface area contributed by atoms with Crippen LogP contribution in [-0.2, 0) is 9.53 Å². The first-order valence-electron chi connectivity index (χ1n) is 7.06. The van der Waals surface area contributed by atoms with E-state index in [1.807, 2.05) is 0 Å². The van der Waals surface area contributed by atoms with E-state index < -0.39 is 5.97 Å². The van der Waals surface area contributed by atoms with Gasteiger partial charge in [-0.15, -0.1) is 0 Å². The Bertz CT molecular complexity index is 383. The molecular weight excluding hydrogens is 248 g/mol. The summed E-state index contributed by atoms with van der Waals surface area (Å²) in [5.41, 5.74) is 0. The van der Waals surface area contributed by atoms with Gasteiger partial charge in [-0.2, -0.15) is 0 Å². The van der Waals surface area contributed by atoms with Gasteiger partial charge < -0.3 is 20.5 Å². The van der Waals surface area contributed by atoms with Crippen LogP contribution in [0.25, 0.3) is 0 Å². The van der Waals surface area contributed by atoms with Crippen molar-refractivity contribution in [1.82, 2.24) is 10.6 Å². The quantitative estimate of drug-likeness (QED) is 0.690. The molecule has 106 valence electrons. The molecule has 6 heteroatoms. The number of carbonyl (C=O) groups is 2. The molecule has 1 aliphatic carbocycles. The standard InChI is InChI=1S/C13H20N2O4/c16-12(17)6-9(7-1-2-7)14-13(18)15-10-5-8-3-4-11(10)19-8/h7-11H,1-6H2,(H,16,17)(H2,14,15,18). The Morgan fingerprint density at radius 3 is 2.58 bits per heavy atom. The molecule has 4 unspecified atom stereocenters. The van der Waals surface area contributed by atoms with Crippen LogP contribution in [0.1, 0.15) is 38.5 Å². The fourth-order valence-electron chi connectivity index (χ4n) is 3.19. The molecule has 0 aromatic heterocycles. The zero-order valence-corrected chi connectivity index (χ0v) is 10.8. The molecule has 1 saturated carbocycles. The number of carbonyl (C=O) groups excluding carboxylic acids is 1. The summed E-state index contributed by atoms with van der Waals surface area (Å²) in [6, 6.07) is -0.403. The summed E-state index contributed by atoms with van der Waals surface area (Å²) in [4.78, 5) is 22.7. The number of hydrogen-bond acceptors (Lipinski definition) is 3. The van der Waals surface area contributed by atoms with Crippen LogP contribution in [0.5, 0.6) is 0 Å². The van der Waals surface area contributed by atoms with Crippen LogP contribution in [0.4, 0.5) is 4.79 Å². The second kappa shape index (κ2) is 5.00. The maximum atomic E-state index is 11.9. The number of carboxylic acids is 1. The van der Waals surface area contributed by atoms with E-state index in [0.29, 0.717) is 12.0 Å². The van der Waals surface area contributed by atoms with Crippen LogP contribution >= 0.6 is 0 Å². The Morgan fingerprint density at radius 2 is 2.05 bits per heavy atom. The van der Waals surface area contributed by atoms with Gasteiger partial charge in [0.1, 0.15) is 0 Å². The first kappa shape index (κ1) is 12.7. The van der Waals surface area contributed by atoms with Crippen LogP contribution in [0.15, 0.2) is 0 Å². The topological polar surface area (TPSA) is 87.7 Å². The third-order valence-electron chi connectivity index (χ3n) is 4.32. The fraction of sp³-hybridized carbons (Fsp3) is 0.846. The van der Waals surface area contributed by atoms with Crippen molar-refractivity contribution in [3.8, 4) is 0 Å². The summed E-state index contributed by atoms with van der Waals surface area (Å²) in [6.07, 6.45) is 5.45. The highest BCUT2D eigenvalue weighted by molar-refractivity contribution is 5.76. The molecule has 19 heavy (non-hydrogen) atoms. The van der Waals surface area contributed by atoms with Crippen molar-refractivity contribution < 1.29 is 19.4 Å². The Balaban J connectivity index is 1.48. The van der Waals surface area contributed by atoms with Gasteiger partial charge in [0.05, 0.1) is 24.7 Å². The van der Waals surface area contributed by atoms with Crippen LogP contribution < -0.4 is 10.6 Å². The van der Waals surface area contributed by atoms with E-state index in [1.54, 1.807) is 0 Å². The molecule has 0 aromatic carbocycles. The van der Waals surface area contributed by atoms with Crippen molar-refractivity contribution in [2.45, 2.75) is 62.8 Å². The Hall–Kier alpha value is -1.30. The number of urea groups is 1. The van der Waals surface area contributed by atoms with Crippen LogP contribution in [0, 0.1) is 5.92 Å². The van der Waals surface area contributed by atoms with E-state index in [1.165, 1.54) is 0 Å². The van der Waals surface area contributed by atoms with E-state index in [9.17, 15) is 9.59 Å². The largest absolute Gasteiger partial charge is 0.481 e. The minimum absolute atomic E-state index is 0.00526. The molecule has 2 saturated heterocycles. The second-order valence-electron chi connectivity index (χ2n) is 5.88. The molecular formula is C13H20N2O4. The van der Waals surface area contributed by atoms with Gasteiger partial charge in [0.25, 0.3) is 0 Å². The molecule has 2 heterocycles. The van der Waals surface area contributed by atoms with Gasteiger partial charge in [-0.3, -0.25) is 4.79 Å². The average molecular weight is 268 g/mol. The lowest BCUT2D eigenvalue weighted by atomic mass is 9.96. The number of nitrogens with one attached hydrogen (secondary N) is 2. The van der Waals surface area contributed by atoms with Gasteiger partial charge >= 0.3 is 12.0 Å². The minimum atomic E-state index is -0.861. The van der Waals surface area contributed by atoms with Gasteiger partial charge in [-0.05, 0) is 38.0 Å². The predicted molar refractivity (Wildman–Crippen MR) is 66.7 cm³/mol. The van der Waals surface area contributed by atoms with Gasteiger partial charge in [-0.25, -0.2) is 4.79 Å². The summed E-state index contributed by atoms with van der Waals surface area (Å²) in [6.45, 7) is 0. The summed E-state index contributed by atoms with van der Waals surface area (Å²) < 4.78 is 5.68. The van der Waals surface area contributed by atoms with Gasteiger partial charge in [0, 0.05) is 6.04 Å². The van der Waals surface area contributed by atoms with Crippen LogP contribution in [0.3, 0.4) is 0 Å². The lowest BCUT2D eigenvalue weighted by molar-refractivity contribution is -0.137. The van der Waals surface area contributed by atoms with Crippen LogP contribution in [-0.4, -0.2) is 41.4 Å². The van der Waals surface area contributed by atoms with Gasteiger partial charge in [0.2, 0.25) is 0 Å². The third kappa shape index (κ3) is 3.00. The van der Waals surface area contributed by atoms with Gasteiger partial charge in [-0.1, -0.05) is 0 Å². The zero-order chi connectivity index (χ0) is 13.4. The van der Waals surface area contributed by atoms with E-state index in [4.69, 9.17) is 9.84 Å². The highest BCUT2D eigenvalue weighted by atomic mass is 16.5. The van der Waals surface area contributed by atoms with E-state index in [0.717, 1.165) is 32.1 Å². The summed E-state index contributed by atoms with van der Waals surface area (Å²) in [5.74, 6) is -0.529. The minimum Gasteiger partial charge on any atom is -0.481 e. The van der Waals surface area contributed by atoms with Crippen LogP contribution in [0.2, 0.25) is 0 Å². The number of carboxylic acid groups (broad SMARTS) is 1. The van der Waals surface area contributed by atoms with Crippen molar-refractivity contribution in [1.29, 1.82) is 0 Å². The average Bonchev–Trinajstić information content (AvgIpc) is 2.99. The Labute approximate surface area is 111 Å². The summed E-state index contributed by atoms with van der Waals surface area (Å²) >= 11 is 0.